The maximum absolute atomic E-state index is 12.6. The van der Waals surface area contributed by atoms with Gasteiger partial charge in [-0.15, -0.1) is 0 Å². The maximum atomic E-state index is 12.6. The van der Waals surface area contributed by atoms with Crippen LogP contribution in [0.4, 0.5) is 19.2 Å². The number of hydrogen-bond acceptors (Lipinski definition) is 12. The number of benzene rings is 2. The fourth-order valence-corrected chi connectivity index (χ4v) is 3.34. The van der Waals surface area contributed by atoms with E-state index in [-0.39, 0.29) is 29.4 Å². The van der Waals surface area contributed by atoms with Crippen molar-refractivity contribution < 1.29 is 57.1 Å². The molecule has 248 valence electrons. The number of hydrogen-bond donors (Lipinski definition) is 0. The Hall–Kier alpha value is -4.48. The molecule has 12 heteroatoms. The number of carbonyl (C=O) groups is 4. The van der Waals surface area contributed by atoms with Gasteiger partial charge in [0.2, 0.25) is 0 Å². The smallest absolute Gasteiger partial charge is 0.428 e. The van der Waals surface area contributed by atoms with Crippen molar-refractivity contribution in [1.82, 2.24) is 0 Å². The van der Waals surface area contributed by atoms with Gasteiger partial charge in [0.1, 0.15) is 45.4 Å². The Morgan fingerprint density at radius 1 is 0.444 bits per heavy atom. The van der Waals surface area contributed by atoms with Gasteiger partial charge in [0.05, 0.1) is 0 Å². The average Bonchev–Trinajstić information content (AvgIpc) is 2.77. The third-order valence-corrected chi connectivity index (χ3v) is 4.81. The van der Waals surface area contributed by atoms with Crippen molar-refractivity contribution >= 4 is 24.6 Å². The van der Waals surface area contributed by atoms with E-state index >= 15 is 0 Å². The maximum Gasteiger partial charge on any atom is 0.514 e. The van der Waals surface area contributed by atoms with E-state index in [0.717, 1.165) is 0 Å². The van der Waals surface area contributed by atoms with Crippen LogP contribution >= 0.6 is 0 Å². The van der Waals surface area contributed by atoms with Gasteiger partial charge in [-0.2, -0.15) is 0 Å². The van der Waals surface area contributed by atoms with Crippen LogP contribution in [0.5, 0.6) is 23.0 Å². The SMILES string of the molecule is CC(C)(C)OC(=O)Oc1ccc(Cc2ccc(OC(=O)OC(C)(C)C)cc2OC(=O)OC(C)(C)C)c(OC(=O)OC(C)(C)C)c1. The predicted octanol–water partition coefficient (Wildman–Crippen LogP) is 8.53. The summed E-state index contributed by atoms with van der Waals surface area (Å²) in [5.74, 6) is 0.0843. The first-order chi connectivity index (χ1) is 20.4. The van der Waals surface area contributed by atoms with Crippen LogP contribution < -0.4 is 18.9 Å². The minimum absolute atomic E-state index is 0.00242. The summed E-state index contributed by atoms with van der Waals surface area (Å²) in [7, 11) is 0. The van der Waals surface area contributed by atoms with Crippen molar-refractivity contribution in [3.05, 3.63) is 47.5 Å². The normalized spacial score (nSPS) is 12.0. The van der Waals surface area contributed by atoms with Crippen LogP contribution in [0, 0.1) is 0 Å². The highest BCUT2D eigenvalue weighted by atomic mass is 16.8. The molecule has 0 aliphatic carbocycles. The standard InChI is InChI=1S/C33H44O12/c1-30(2,3)42-26(34)38-22-15-13-20(24(18-22)40-28(36)44-32(7,8)9)17-21-14-16-23(39-27(35)43-31(4,5)6)19-25(21)41-29(37)45-33(10,11)12/h13-16,18-19H,17H2,1-12H3. The number of rotatable bonds is 6. The lowest BCUT2D eigenvalue weighted by Crippen LogP contribution is -2.27. The van der Waals surface area contributed by atoms with Gasteiger partial charge in [-0.25, -0.2) is 19.2 Å². The minimum Gasteiger partial charge on any atom is -0.428 e. The van der Waals surface area contributed by atoms with Gasteiger partial charge >= 0.3 is 24.6 Å². The zero-order valence-electron chi connectivity index (χ0n) is 28.1. The summed E-state index contributed by atoms with van der Waals surface area (Å²) in [6, 6.07) is 8.74. The van der Waals surface area contributed by atoms with Crippen LogP contribution in [0.3, 0.4) is 0 Å². The molecule has 0 bridgehead atoms. The summed E-state index contributed by atoms with van der Waals surface area (Å²) < 4.78 is 42.6. The Kier molecular flexibility index (Phi) is 11.5. The quantitative estimate of drug-likeness (QED) is 0.171. The predicted molar refractivity (Wildman–Crippen MR) is 163 cm³/mol. The molecule has 0 heterocycles. The monoisotopic (exact) mass is 632 g/mol. The summed E-state index contributed by atoms with van der Waals surface area (Å²) in [5.41, 5.74) is -2.44. The highest BCUT2D eigenvalue weighted by molar-refractivity contribution is 5.69. The molecular weight excluding hydrogens is 588 g/mol. The summed E-state index contributed by atoms with van der Waals surface area (Å²) >= 11 is 0. The molecule has 0 atom stereocenters. The summed E-state index contributed by atoms with van der Waals surface area (Å²) in [5, 5.41) is 0. The lowest BCUT2D eigenvalue weighted by Gasteiger charge is -2.21. The molecule has 0 radical (unpaired) electrons. The van der Waals surface area contributed by atoms with Gasteiger partial charge in [-0.3, -0.25) is 0 Å². The molecule has 2 rings (SSSR count). The molecule has 12 nitrogen and oxygen atoms in total. The lowest BCUT2D eigenvalue weighted by molar-refractivity contribution is 0.0178. The Morgan fingerprint density at radius 3 is 0.978 bits per heavy atom. The molecular formula is C33H44O12. The van der Waals surface area contributed by atoms with Crippen molar-refractivity contribution in [2.24, 2.45) is 0 Å². The highest BCUT2D eigenvalue weighted by Gasteiger charge is 2.25. The van der Waals surface area contributed by atoms with E-state index in [1.54, 1.807) is 95.2 Å². The molecule has 45 heavy (non-hydrogen) atoms. The van der Waals surface area contributed by atoms with E-state index in [4.69, 9.17) is 37.9 Å². The Labute approximate surface area is 264 Å². The van der Waals surface area contributed by atoms with Crippen molar-refractivity contribution in [2.45, 2.75) is 112 Å². The molecule has 2 aromatic rings. The zero-order valence-corrected chi connectivity index (χ0v) is 28.1. The Balaban J connectivity index is 2.50. The summed E-state index contributed by atoms with van der Waals surface area (Å²) in [4.78, 5) is 49.8. The van der Waals surface area contributed by atoms with Gasteiger partial charge in [0.25, 0.3) is 0 Å². The molecule has 0 saturated carbocycles. The third-order valence-electron chi connectivity index (χ3n) is 4.81. The topological polar surface area (TPSA) is 142 Å². The average molecular weight is 633 g/mol. The molecule has 0 fully saturated rings. The van der Waals surface area contributed by atoms with Crippen LogP contribution in [0.15, 0.2) is 36.4 Å². The first-order valence-corrected chi connectivity index (χ1v) is 14.3. The van der Waals surface area contributed by atoms with E-state index in [1.807, 2.05) is 0 Å². The first-order valence-electron chi connectivity index (χ1n) is 14.3. The molecule has 0 amide bonds. The molecule has 0 aromatic heterocycles. The van der Waals surface area contributed by atoms with Crippen molar-refractivity contribution in [3.8, 4) is 23.0 Å². The summed E-state index contributed by atoms with van der Waals surface area (Å²) in [6.45, 7) is 20.2. The zero-order chi connectivity index (χ0) is 34.4. The van der Waals surface area contributed by atoms with Crippen LogP contribution in [-0.2, 0) is 25.4 Å². The Bertz CT molecular complexity index is 1280. The van der Waals surface area contributed by atoms with E-state index in [1.165, 1.54) is 24.3 Å². The van der Waals surface area contributed by atoms with Crippen molar-refractivity contribution in [1.29, 1.82) is 0 Å². The van der Waals surface area contributed by atoms with Crippen LogP contribution in [0.25, 0.3) is 0 Å². The van der Waals surface area contributed by atoms with Crippen LogP contribution in [0.1, 0.15) is 94.2 Å². The van der Waals surface area contributed by atoms with Gasteiger partial charge in [0.15, 0.2) is 0 Å². The van der Waals surface area contributed by atoms with E-state index < -0.39 is 47.0 Å². The van der Waals surface area contributed by atoms with Gasteiger partial charge in [0, 0.05) is 18.6 Å². The molecule has 0 saturated heterocycles. The molecule has 0 unspecified atom stereocenters. The Morgan fingerprint density at radius 2 is 0.711 bits per heavy atom. The largest absolute Gasteiger partial charge is 0.514 e. The van der Waals surface area contributed by atoms with E-state index in [9.17, 15) is 19.2 Å². The molecule has 0 spiro atoms. The fraction of sp³-hybridized carbons (Fsp3) is 0.515. The van der Waals surface area contributed by atoms with Crippen molar-refractivity contribution in [2.75, 3.05) is 0 Å². The second-order valence-electron chi connectivity index (χ2n) is 14.0. The minimum atomic E-state index is -0.996. The third kappa shape index (κ3) is 14.7. The van der Waals surface area contributed by atoms with Gasteiger partial charge in [-0.1, -0.05) is 12.1 Å². The van der Waals surface area contributed by atoms with E-state index in [2.05, 4.69) is 0 Å². The van der Waals surface area contributed by atoms with Gasteiger partial charge in [-0.05, 0) is 106 Å². The number of carbonyl (C=O) groups excluding carboxylic acids is 4. The van der Waals surface area contributed by atoms with E-state index in [0.29, 0.717) is 11.1 Å². The number of ether oxygens (including phenoxy) is 8. The van der Waals surface area contributed by atoms with Crippen LogP contribution in [-0.4, -0.2) is 47.0 Å². The lowest BCUT2D eigenvalue weighted by atomic mass is 10.0. The fourth-order valence-electron chi connectivity index (χ4n) is 3.34. The molecule has 0 N–H and O–H groups in total. The highest BCUT2D eigenvalue weighted by Crippen LogP contribution is 2.33. The molecule has 0 aliphatic heterocycles. The van der Waals surface area contributed by atoms with Gasteiger partial charge < -0.3 is 37.9 Å². The molecule has 2 aromatic carbocycles. The first kappa shape index (κ1) is 36.7. The van der Waals surface area contributed by atoms with Crippen molar-refractivity contribution in [3.63, 3.8) is 0 Å². The molecule has 0 aliphatic rings. The second kappa shape index (κ2) is 14.1. The van der Waals surface area contributed by atoms with Crippen LogP contribution in [0.2, 0.25) is 0 Å². The second-order valence-corrected chi connectivity index (χ2v) is 14.0. The summed E-state index contributed by atoms with van der Waals surface area (Å²) in [6.07, 6.45) is -3.86.